The van der Waals surface area contributed by atoms with E-state index in [2.05, 4.69) is 10.6 Å². The number of amides is 2. The van der Waals surface area contributed by atoms with Crippen LogP contribution in [0.3, 0.4) is 0 Å². The van der Waals surface area contributed by atoms with Gasteiger partial charge in [0, 0.05) is 30.5 Å². The van der Waals surface area contributed by atoms with Crippen LogP contribution in [0.1, 0.15) is 21.5 Å². The molecule has 0 spiro atoms. The van der Waals surface area contributed by atoms with Crippen LogP contribution in [0.4, 0.5) is 11.4 Å². The standard InChI is InChI=1S/C19H21N3O2/c1-13-6-8-14(9-7-13)22(2)18(23)12-21-17-5-3-4-16-15(17)10-11-20-19(16)24/h3-9,21H,10-12H2,1-2H3,(H,20,24). The molecule has 0 radical (unpaired) electrons. The number of fused-ring (bicyclic) bond motifs is 1. The summed E-state index contributed by atoms with van der Waals surface area (Å²) in [5.74, 6) is -0.0836. The van der Waals surface area contributed by atoms with Crippen LogP contribution in [0, 0.1) is 6.92 Å². The summed E-state index contributed by atoms with van der Waals surface area (Å²) in [7, 11) is 1.77. The minimum Gasteiger partial charge on any atom is -0.376 e. The number of hydrogen-bond acceptors (Lipinski definition) is 3. The van der Waals surface area contributed by atoms with Crippen LogP contribution in [-0.4, -0.2) is 32.0 Å². The Labute approximate surface area is 141 Å². The molecule has 3 rings (SSSR count). The van der Waals surface area contributed by atoms with Crippen molar-refractivity contribution in [3.8, 4) is 0 Å². The zero-order valence-corrected chi connectivity index (χ0v) is 13.9. The van der Waals surface area contributed by atoms with E-state index in [1.54, 1.807) is 11.9 Å². The Morgan fingerprint density at radius 2 is 1.96 bits per heavy atom. The number of aryl methyl sites for hydroxylation is 1. The molecule has 0 bridgehead atoms. The Kier molecular flexibility index (Phi) is 4.51. The molecule has 24 heavy (non-hydrogen) atoms. The van der Waals surface area contributed by atoms with Gasteiger partial charge in [0.05, 0.1) is 6.54 Å². The fourth-order valence-electron chi connectivity index (χ4n) is 2.83. The minimum atomic E-state index is -0.0528. The first-order valence-electron chi connectivity index (χ1n) is 8.03. The van der Waals surface area contributed by atoms with Gasteiger partial charge in [0.15, 0.2) is 0 Å². The first kappa shape index (κ1) is 16.1. The Morgan fingerprint density at radius 3 is 2.71 bits per heavy atom. The number of nitrogens with one attached hydrogen (secondary N) is 2. The van der Waals surface area contributed by atoms with Gasteiger partial charge in [-0.1, -0.05) is 23.8 Å². The van der Waals surface area contributed by atoms with Crippen molar-refractivity contribution in [2.24, 2.45) is 0 Å². The van der Waals surface area contributed by atoms with Crippen molar-refractivity contribution in [2.45, 2.75) is 13.3 Å². The van der Waals surface area contributed by atoms with Crippen molar-refractivity contribution in [2.75, 3.05) is 30.4 Å². The molecular formula is C19H21N3O2. The van der Waals surface area contributed by atoms with E-state index in [0.29, 0.717) is 12.1 Å². The van der Waals surface area contributed by atoms with Gasteiger partial charge in [-0.15, -0.1) is 0 Å². The molecule has 0 unspecified atom stereocenters. The normalized spacial score (nSPS) is 13.0. The molecule has 5 heteroatoms. The lowest BCUT2D eigenvalue weighted by Gasteiger charge is -2.22. The SMILES string of the molecule is Cc1ccc(N(C)C(=O)CNc2cccc3c2CCNC3=O)cc1. The first-order valence-corrected chi connectivity index (χ1v) is 8.03. The van der Waals surface area contributed by atoms with Gasteiger partial charge < -0.3 is 15.5 Å². The van der Waals surface area contributed by atoms with E-state index in [9.17, 15) is 9.59 Å². The zero-order chi connectivity index (χ0) is 17.1. The topological polar surface area (TPSA) is 61.4 Å². The maximum Gasteiger partial charge on any atom is 0.251 e. The Bertz CT molecular complexity index is 769. The molecule has 0 atom stereocenters. The lowest BCUT2D eigenvalue weighted by molar-refractivity contribution is -0.116. The Hall–Kier alpha value is -2.82. The number of hydrogen-bond donors (Lipinski definition) is 2. The fraction of sp³-hybridized carbons (Fsp3) is 0.263. The highest BCUT2D eigenvalue weighted by molar-refractivity contribution is 5.99. The van der Waals surface area contributed by atoms with Crippen LogP contribution in [0.15, 0.2) is 42.5 Å². The van der Waals surface area contributed by atoms with E-state index in [1.807, 2.05) is 49.4 Å². The third kappa shape index (κ3) is 3.25. The van der Waals surface area contributed by atoms with Crippen molar-refractivity contribution in [3.05, 3.63) is 59.2 Å². The molecule has 1 heterocycles. The number of benzene rings is 2. The van der Waals surface area contributed by atoms with E-state index in [0.717, 1.165) is 28.9 Å². The van der Waals surface area contributed by atoms with Crippen LogP contribution in [0.25, 0.3) is 0 Å². The lowest BCUT2D eigenvalue weighted by atomic mass is 9.98. The second kappa shape index (κ2) is 6.74. The van der Waals surface area contributed by atoms with E-state index >= 15 is 0 Å². The summed E-state index contributed by atoms with van der Waals surface area (Å²) >= 11 is 0. The number of anilines is 2. The lowest BCUT2D eigenvalue weighted by Crippen LogP contribution is -2.34. The van der Waals surface area contributed by atoms with Crippen LogP contribution < -0.4 is 15.5 Å². The highest BCUT2D eigenvalue weighted by Gasteiger charge is 2.19. The predicted octanol–water partition coefficient (Wildman–Crippen LogP) is 2.36. The molecule has 2 N–H and O–H groups in total. The predicted molar refractivity (Wildman–Crippen MR) is 95.6 cm³/mol. The van der Waals surface area contributed by atoms with Gasteiger partial charge in [0.25, 0.3) is 5.91 Å². The summed E-state index contributed by atoms with van der Waals surface area (Å²) in [5.41, 5.74) is 4.54. The second-order valence-corrected chi connectivity index (χ2v) is 5.98. The van der Waals surface area contributed by atoms with Gasteiger partial charge in [-0.25, -0.2) is 0 Å². The molecule has 0 saturated heterocycles. The van der Waals surface area contributed by atoms with Gasteiger partial charge in [0.1, 0.15) is 0 Å². The van der Waals surface area contributed by atoms with Crippen LogP contribution in [0.5, 0.6) is 0 Å². The molecule has 1 aliphatic heterocycles. The highest BCUT2D eigenvalue weighted by atomic mass is 16.2. The number of rotatable bonds is 4. The largest absolute Gasteiger partial charge is 0.376 e. The second-order valence-electron chi connectivity index (χ2n) is 5.98. The monoisotopic (exact) mass is 323 g/mol. The van der Waals surface area contributed by atoms with Crippen molar-refractivity contribution in [1.29, 1.82) is 0 Å². The van der Waals surface area contributed by atoms with Crippen molar-refractivity contribution in [1.82, 2.24) is 5.32 Å². The van der Waals surface area contributed by atoms with Crippen molar-refractivity contribution >= 4 is 23.2 Å². The van der Waals surface area contributed by atoms with Crippen LogP contribution >= 0.6 is 0 Å². The quantitative estimate of drug-likeness (QED) is 0.908. The zero-order valence-electron chi connectivity index (χ0n) is 13.9. The third-order valence-electron chi connectivity index (χ3n) is 4.31. The minimum absolute atomic E-state index is 0.0308. The summed E-state index contributed by atoms with van der Waals surface area (Å²) in [6.45, 7) is 2.83. The van der Waals surface area contributed by atoms with Crippen molar-refractivity contribution in [3.63, 3.8) is 0 Å². The van der Waals surface area contributed by atoms with Gasteiger partial charge in [-0.05, 0) is 43.2 Å². The number of nitrogens with zero attached hydrogens (tertiary/aromatic N) is 1. The molecule has 0 aromatic heterocycles. The average Bonchev–Trinajstić information content (AvgIpc) is 2.60. The molecule has 2 amide bonds. The summed E-state index contributed by atoms with van der Waals surface area (Å²) in [4.78, 5) is 25.9. The number of carbonyl (C=O) groups excluding carboxylic acids is 2. The summed E-state index contributed by atoms with van der Waals surface area (Å²) in [5, 5.41) is 6.02. The Balaban J connectivity index is 1.69. The number of carbonyl (C=O) groups is 2. The summed E-state index contributed by atoms with van der Waals surface area (Å²) in [6, 6.07) is 13.4. The molecule has 0 aliphatic carbocycles. The van der Waals surface area contributed by atoms with Crippen molar-refractivity contribution < 1.29 is 9.59 Å². The van der Waals surface area contributed by atoms with Gasteiger partial charge in [-0.3, -0.25) is 9.59 Å². The smallest absolute Gasteiger partial charge is 0.251 e. The van der Waals surface area contributed by atoms with Gasteiger partial charge in [0.2, 0.25) is 5.91 Å². The third-order valence-corrected chi connectivity index (χ3v) is 4.31. The van der Waals surface area contributed by atoms with E-state index in [4.69, 9.17) is 0 Å². The molecule has 0 fully saturated rings. The maximum absolute atomic E-state index is 12.4. The summed E-state index contributed by atoms with van der Waals surface area (Å²) in [6.07, 6.45) is 0.770. The molecule has 5 nitrogen and oxygen atoms in total. The molecular weight excluding hydrogens is 302 g/mol. The van der Waals surface area contributed by atoms with Gasteiger partial charge in [-0.2, -0.15) is 0 Å². The molecule has 2 aromatic carbocycles. The highest BCUT2D eigenvalue weighted by Crippen LogP contribution is 2.23. The van der Waals surface area contributed by atoms with E-state index < -0.39 is 0 Å². The Morgan fingerprint density at radius 1 is 1.21 bits per heavy atom. The molecule has 2 aromatic rings. The average molecular weight is 323 g/mol. The van der Waals surface area contributed by atoms with Gasteiger partial charge >= 0.3 is 0 Å². The van der Waals surface area contributed by atoms with E-state index in [1.165, 1.54) is 0 Å². The van der Waals surface area contributed by atoms with Crippen LogP contribution in [-0.2, 0) is 11.2 Å². The van der Waals surface area contributed by atoms with E-state index in [-0.39, 0.29) is 18.4 Å². The first-order chi connectivity index (χ1) is 11.6. The molecule has 124 valence electrons. The van der Waals surface area contributed by atoms with Crippen LogP contribution in [0.2, 0.25) is 0 Å². The maximum atomic E-state index is 12.4. The number of likely N-dealkylation sites (N-methyl/N-ethyl adjacent to an activating group) is 1. The molecule has 0 saturated carbocycles. The molecule has 1 aliphatic rings. The summed E-state index contributed by atoms with van der Waals surface area (Å²) < 4.78 is 0. The fourth-order valence-corrected chi connectivity index (χ4v) is 2.83.